The molecule has 4 rings (SSSR count). The number of hydrogen-bond acceptors (Lipinski definition) is 5. The van der Waals surface area contributed by atoms with Crippen molar-refractivity contribution in [2.75, 3.05) is 13.2 Å². The van der Waals surface area contributed by atoms with Gasteiger partial charge in [0.15, 0.2) is 0 Å². The largest absolute Gasteiger partial charge is 0.489 e. The van der Waals surface area contributed by atoms with Gasteiger partial charge in [0.1, 0.15) is 23.3 Å². The molecule has 0 amide bonds. The molecule has 1 N–H and O–H groups in total. The first-order chi connectivity index (χ1) is 12.2. The normalized spacial score (nSPS) is 21.2. The molecular weight excluding hydrogens is 318 g/mol. The van der Waals surface area contributed by atoms with Gasteiger partial charge in [-0.15, -0.1) is 0 Å². The van der Waals surface area contributed by atoms with Gasteiger partial charge in [0.25, 0.3) is 0 Å². The molecule has 6 heteroatoms. The quantitative estimate of drug-likeness (QED) is 0.678. The number of aromatic amines is 1. The Bertz CT molecular complexity index is 877. The predicted molar refractivity (Wildman–Crippen MR) is 94.9 cm³/mol. The lowest BCUT2D eigenvalue weighted by Crippen LogP contribution is -2.21. The van der Waals surface area contributed by atoms with Crippen molar-refractivity contribution < 1.29 is 14.2 Å². The lowest BCUT2D eigenvalue weighted by molar-refractivity contribution is 0.0441. The fraction of sp³-hybridized carbons (Fsp3) is 0.368. The van der Waals surface area contributed by atoms with Crippen molar-refractivity contribution in [2.45, 2.75) is 32.5 Å². The number of nitrogens with zero attached hydrogens (tertiary/aromatic N) is 2. The average Bonchev–Trinajstić information content (AvgIpc) is 3.01. The number of nitrogens with one attached hydrogen (secondary N) is 1. The van der Waals surface area contributed by atoms with E-state index in [9.17, 15) is 0 Å². The van der Waals surface area contributed by atoms with Crippen LogP contribution in [0, 0.1) is 0 Å². The number of aromatic nitrogens is 3. The zero-order chi connectivity index (χ0) is 17.2. The van der Waals surface area contributed by atoms with Crippen LogP contribution in [-0.2, 0) is 4.74 Å². The van der Waals surface area contributed by atoms with Gasteiger partial charge in [0.05, 0.1) is 31.0 Å². The summed E-state index contributed by atoms with van der Waals surface area (Å²) in [5.41, 5.74) is 2.70. The molecule has 25 heavy (non-hydrogen) atoms. The first-order valence-electron chi connectivity index (χ1n) is 8.53. The molecule has 6 nitrogen and oxygen atoms in total. The van der Waals surface area contributed by atoms with E-state index in [1.165, 1.54) is 0 Å². The van der Waals surface area contributed by atoms with Crippen molar-refractivity contribution in [1.29, 1.82) is 0 Å². The Morgan fingerprint density at radius 3 is 2.84 bits per heavy atom. The molecule has 3 heterocycles. The smallest absolute Gasteiger partial charge is 0.138 e. The lowest BCUT2D eigenvalue weighted by Gasteiger charge is -2.17. The Hall–Kier alpha value is -2.60. The third kappa shape index (κ3) is 3.44. The second-order valence-corrected chi connectivity index (χ2v) is 6.41. The van der Waals surface area contributed by atoms with E-state index in [2.05, 4.69) is 15.2 Å². The van der Waals surface area contributed by atoms with Crippen molar-refractivity contribution in [2.24, 2.45) is 0 Å². The highest BCUT2D eigenvalue weighted by Crippen LogP contribution is 2.31. The van der Waals surface area contributed by atoms with Crippen LogP contribution in [0.4, 0.5) is 0 Å². The van der Waals surface area contributed by atoms with E-state index >= 15 is 0 Å². The first-order valence-corrected chi connectivity index (χ1v) is 8.53. The van der Waals surface area contributed by atoms with Crippen LogP contribution in [0.5, 0.6) is 11.5 Å². The molecular formula is C19H21N3O3. The van der Waals surface area contributed by atoms with Gasteiger partial charge in [-0.05, 0) is 38.1 Å². The van der Waals surface area contributed by atoms with E-state index in [1.54, 1.807) is 12.4 Å². The highest BCUT2D eigenvalue weighted by Gasteiger charge is 2.14. The number of fused-ring (bicyclic) bond motifs is 4. The maximum absolute atomic E-state index is 5.99. The van der Waals surface area contributed by atoms with Gasteiger partial charge in [-0.3, -0.25) is 10.1 Å². The zero-order valence-corrected chi connectivity index (χ0v) is 14.4. The van der Waals surface area contributed by atoms with E-state index in [1.807, 2.05) is 38.1 Å². The summed E-state index contributed by atoms with van der Waals surface area (Å²) in [5, 5.41) is 8.52. The summed E-state index contributed by atoms with van der Waals surface area (Å²) in [7, 11) is 0. The fourth-order valence-corrected chi connectivity index (χ4v) is 2.96. The zero-order valence-electron chi connectivity index (χ0n) is 14.4. The molecule has 4 bridgehead atoms. The van der Waals surface area contributed by atoms with E-state index in [-0.39, 0.29) is 12.2 Å². The predicted octanol–water partition coefficient (Wildman–Crippen LogP) is 3.58. The van der Waals surface area contributed by atoms with Crippen LogP contribution in [-0.4, -0.2) is 40.6 Å². The first kappa shape index (κ1) is 15.9. The maximum atomic E-state index is 5.99. The van der Waals surface area contributed by atoms with Crippen molar-refractivity contribution in [1.82, 2.24) is 15.2 Å². The number of benzene rings is 1. The Labute approximate surface area is 146 Å². The summed E-state index contributed by atoms with van der Waals surface area (Å²) in [6.07, 6.45) is 4.34. The maximum Gasteiger partial charge on any atom is 0.138 e. The number of hydrogen-bond donors (Lipinski definition) is 1. The van der Waals surface area contributed by atoms with Gasteiger partial charge in [0.2, 0.25) is 0 Å². The van der Waals surface area contributed by atoms with Crippen molar-refractivity contribution in [3.05, 3.63) is 36.7 Å². The highest BCUT2D eigenvalue weighted by molar-refractivity contribution is 5.93. The van der Waals surface area contributed by atoms with E-state index < -0.39 is 0 Å². The topological polar surface area (TPSA) is 69.3 Å². The molecule has 0 aliphatic carbocycles. The second-order valence-electron chi connectivity index (χ2n) is 6.41. The summed E-state index contributed by atoms with van der Waals surface area (Å²) in [6, 6.07) is 7.89. The van der Waals surface area contributed by atoms with E-state index in [4.69, 9.17) is 14.2 Å². The third-order valence-corrected chi connectivity index (χ3v) is 4.22. The van der Waals surface area contributed by atoms with Crippen molar-refractivity contribution >= 4 is 10.9 Å². The van der Waals surface area contributed by atoms with Crippen LogP contribution in [0.25, 0.3) is 22.2 Å². The molecule has 0 radical (unpaired) electrons. The molecule has 1 aliphatic heterocycles. The molecule has 0 fully saturated rings. The Morgan fingerprint density at radius 2 is 1.92 bits per heavy atom. The average molecular weight is 339 g/mol. The van der Waals surface area contributed by atoms with Crippen molar-refractivity contribution in [3.63, 3.8) is 0 Å². The second kappa shape index (κ2) is 6.72. The van der Waals surface area contributed by atoms with Crippen LogP contribution in [0.1, 0.15) is 20.3 Å². The monoisotopic (exact) mass is 339 g/mol. The highest BCUT2D eigenvalue weighted by atomic mass is 16.5. The Balaban J connectivity index is 1.79. The molecule has 2 atom stereocenters. The van der Waals surface area contributed by atoms with Crippen LogP contribution in [0.15, 0.2) is 36.7 Å². The van der Waals surface area contributed by atoms with Crippen LogP contribution in [0.3, 0.4) is 0 Å². The van der Waals surface area contributed by atoms with Gasteiger partial charge in [-0.2, -0.15) is 5.10 Å². The van der Waals surface area contributed by atoms with Gasteiger partial charge in [-0.25, -0.2) is 0 Å². The van der Waals surface area contributed by atoms with Crippen molar-refractivity contribution in [3.8, 4) is 22.8 Å². The molecule has 0 saturated carbocycles. The van der Waals surface area contributed by atoms with Crippen LogP contribution >= 0.6 is 0 Å². The van der Waals surface area contributed by atoms with Gasteiger partial charge >= 0.3 is 0 Å². The number of ether oxygens (including phenoxy) is 3. The minimum Gasteiger partial charge on any atom is -0.489 e. The summed E-state index contributed by atoms with van der Waals surface area (Å²) >= 11 is 0. The molecule has 2 aromatic heterocycles. The van der Waals surface area contributed by atoms with E-state index in [0.29, 0.717) is 13.2 Å². The van der Waals surface area contributed by atoms with Gasteiger partial charge in [-0.1, -0.05) is 0 Å². The summed E-state index contributed by atoms with van der Waals surface area (Å²) < 4.78 is 17.7. The molecule has 3 aromatic rings. The summed E-state index contributed by atoms with van der Waals surface area (Å²) in [4.78, 5) is 4.31. The SMILES string of the molecule is C[C@H]1CCOC[C@H](C)Oc2ccc3[nH]nc(c3c2)-c2cncc(c2)O1. The third-order valence-electron chi connectivity index (χ3n) is 4.22. The number of H-pyrrole nitrogens is 1. The number of rotatable bonds is 0. The Kier molecular flexibility index (Phi) is 4.28. The summed E-state index contributed by atoms with van der Waals surface area (Å²) in [5.74, 6) is 1.53. The van der Waals surface area contributed by atoms with E-state index in [0.717, 1.165) is 40.1 Å². The molecule has 0 unspecified atom stereocenters. The van der Waals surface area contributed by atoms with Gasteiger partial charge in [0, 0.05) is 23.6 Å². The van der Waals surface area contributed by atoms with Crippen LogP contribution < -0.4 is 9.47 Å². The fourth-order valence-electron chi connectivity index (χ4n) is 2.96. The van der Waals surface area contributed by atoms with Gasteiger partial charge < -0.3 is 14.2 Å². The molecule has 1 aliphatic rings. The standard InChI is InChI=1S/C19H21N3O3/c1-12-5-6-23-11-13(2)25-15-3-4-18-17(8-15)19(22-21-18)14-7-16(24-12)10-20-9-14/h3-4,7-10,12-13H,5-6,11H2,1-2H3,(H,21,22)/t12-,13-/m0/s1. The molecule has 130 valence electrons. The molecule has 1 aromatic carbocycles. The lowest BCUT2D eigenvalue weighted by atomic mass is 10.1. The molecule has 0 saturated heterocycles. The Morgan fingerprint density at radius 1 is 1.04 bits per heavy atom. The molecule has 0 spiro atoms. The number of pyridine rings is 1. The minimum atomic E-state index is -0.0307. The minimum absolute atomic E-state index is 0.0307. The summed E-state index contributed by atoms with van der Waals surface area (Å²) in [6.45, 7) is 5.20. The van der Waals surface area contributed by atoms with Crippen LogP contribution in [0.2, 0.25) is 0 Å².